The van der Waals surface area contributed by atoms with Gasteiger partial charge in [0.15, 0.2) is 5.76 Å². The molecule has 1 N–H and O–H groups in total. The minimum Gasteiger partial charge on any atom is -0.396 e. The number of nitro groups is 1. The van der Waals surface area contributed by atoms with Crippen LogP contribution in [-0.2, 0) is 0 Å². The average Bonchev–Trinajstić information content (AvgIpc) is 2.88. The molecule has 1 amide bonds. The van der Waals surface area contributed by atoms with Crippen molar-refractivity contribution in [2.75, 3.05) is 13.2 Å². The monoisotopic (exact) mass is 268 g/mol. The molecule has 2 unspecified atom stereocenters. The Hall–Kier alpha value is -1.89. The highest BCUT2D eigenvalue weighted by atomic mass is 16.6. The van der Waals surface area contributed by atoms with Crippen LogP contribution in [0.5, 0.6) is 0 Å². The third-order valence-corrected chi connectivity index (χ3v) is 3.48. The standard InChI is InChI=1S/C12H16N2O5/c1-8-2-3-9(7-15)6-13(8)12(16)10-4-5-11(19-10)14(17)18/h4-5,8-9,15H,2-3,6-7H2,1H3. The van der Waals surface area contributed by atoms with Crippen LogP contribution in [0.3, 0.4) is 0 Å². The molecule has 7 heteroatoms. The zero-order valence-corrected chi connectivity index (χ0v) is 10.6. The number of hydrogen-bond acceptors (Lipinski definition) is 5. The first-order valence-corrected chi connectivity index (χ1v) is 6.19. The number of nitrogens with zero attached hydrogens (tertiary/aromatic N) is 2. The van der Waals surface area contributed by atoms with E-state index in [-0.39, 0.29) is 30.2 Å². The van der Waals surface area contributed by atoms with Gasteiger partial charge in [0.25, 0.3) is 5.91 Å². The van der Waals surface area contributed by atoms with Crippen molar-refractivity contribution in [3.63, 3.8) is 0 Å². The quantitative estimate of drug-likeness (QED) is 0.660. The van der Waals surface area contributed by atoms with Gasteiger partial charge in [-0.25, -0.2) is 0 Å². The van der Waals surface area contributed by atoms with E-state index in [2.05, 4.69) is 0 Å². The van der Waals surface area contributed by atoms with E-state index >= 15 is 0 Å². The van der Waals surface area contributed by atoms with Gasteiger partial charge in [0, 0.05) is 19.2 Å². The van der Waals surface area contributed by atoms with E-state index in [4.69, 9.17) is 4.42 Å². The van der Waals surface area contributed by atoms with Crippen LogP contribution in [0.15, 0.2) is 16.5 Å². The lowest BCUT2D eigenvalue weighted by molar-refractivity contribution is -0.402. The predicted molar refractivity (Wildman–Crippen MR) is 65.7 cm³/mol. The Morgan fingerprint density at radius 3 is 2.89 bits per heavy atom. The topological polar surface area (TPSA) is 96.8 Å². The highest BCUT2D eigenvalue weighted by molar-refractivity contribution is 5.92. The van der Waals surface area contributed by atoms with Crippen LogP contribution in [0.2, 0.25) is 0 Å². The van der Waals surface area contributed by atoms with Gasteiger partial charge in [0.1, 0.15) is 4.92 Å². The minimum absolute atomic E-state index is 0.0304. The second-order valence-corrected chi connectivity index (χ2v) is 4.83. The fourth-order valence-electron chi connectivity index (χ4n) is 2.30. The largest absolute Gasteiger partial charge is 0.433 e. The summed E-state index contributed by atoms with van der Waals surface area (Å²) < 4.78 is 4.92. The number of hydrogen-bond donors (Lipinski definition) is 1. The fraction of sp³-hybridized carbons (Fsp3) is 0.583. The number of carbonyl (C=O) groups is 1. The van der Waals surface area contributed by atoms with Gasteiger partial charge in [-0.1, -0.05) is 0 Å². The zero-order valence-electron chi connectivity index (χ0n) is 10.6. The summed E-state index contributed by atoms with van der Waals surface area (Å²) in [7, 11) is 0. The Balaban J connectivity index is 2.14. The Morgan fingerprint density at radius 2 is 2.32 bits per heavy atom. The normalized spacial score (nSPS) is 23.4. The Labute approximate surface area is 110 Å². The molecule has 19 heavy (non-hydrogen) atoms. The smallest absolute Gasteiger partial charge is 0.396 e. The van der Waals surface area contributed by atoms with Crippen molar-refractivity contribution in [1.82, 2.24) is 4.90 Å². The van der Waals surface area contributed by atoms with Gasteiger partial charge in [-0.3, -0.25) is 14.9 Å². The highest BCUT2D eigenvalue weighted by Gasteiger charge is 2.31. The van der Waals surface area contributed by atoms with Crippen molar-refractivity contribution in [3.8, 4) is 0 Å². The molecule has 0 saturated carbocycles. The number of aliphatic hydroxyl groups is 1. The van der Waals surface area contributed by atoms with E-state index in [1.807, 2.05) is 6.92 Å². The molecule has 1 fully saturated rings. The van der Waals surface area contributed by atoms with Crippen molar-refractivity contribution >= 4 is 11.8 Å². The lowest BCUT2D eigenvalue weighted by atomic mass is 9.94. The molecule has 0 aliphatic carbocycles. The lowest BCUT2D eigenvalue weighted by Crippen LogP contribution is -2.46. The summed E-state index contributed by atoms with van der Waals surface area (Å²) in [5.74, 6) is -0.771. The summed E-state index contributed by atoms with van der Waals surface area (Å²) >= 11 is 0. The molecule has 2 heterocycles. The molecule has 0 aromatic carbocycles. The Morgan fingerprint density at radius 1 is 1.58 bits per heavy atom. The van der Waals surface area contributed by atoms with Gasteiger partial charge in [0.2, 0.25) is 0 Å². The van der Waals surface area contributed by atoms with Crippen LogP contribution in [0, 0.1) is 16.0 Å². The molecule has 0 radical (unpaired) electrons. The molecule has 1 aromatic heterocycles. The van der Waals surface area contributed by atoms with Gasteiger partial charge in [-0.05, 0) is 31.7 Å². The predicted octanol–water partition coefficient (Wildman–Crippen LogP) is 1.42. The van der Waals surface area contributed by atoms with Gasteiger partial charge in [-0.15, -0.1) is 0 Å². The van der Waals surface area contributed by atoms with Gasteiger partial charge in [-0.2, -0.15) is 0 Å². The van der Waals surface area contributed by atoms with E-state index < -0.39 is 10.8 Å². The molecule has 1 aliphatic heterocycles. The van der Waals surface area contributed by atoms with Crippen LogP contribution in [0.1, 0.15) is 30.3 Å². The molecule has 1 aliphatic rings. The Bertz CT molecular complexity index is 484. The van der Waals surface area contributed by atoms with Crippen molar-refractivity contribution < 1.29 is 19.2 Å². The number of furan rings is 1. The lowest BCUT2D eigenvalue weighted by Gasteiger charge is -2.36. The van der Waals surface area contributed by atoms with E-state index in [1.165, 1.54) is 12.1 Å². The summed E-state index contributed by atoms with van der Waals surface area (Å²) in [6.45, 7) is 2.41. The van der Waals surface area contributed by atoms with E-state index in [9.17, 15) is 20.0 Å². The first-order valence-electron chi connectivity index (χ1n) is 6.19. The van der Waals surface area contributed by atoms with E-state index in [0.29, 0.717) is 6.54 Å². The van der Waals surface area contributed by atoms with Crippen molar-refractivity contribution in [3.05, 3.63) is 28.0 Å². The number of aliphatic hydroxyl groups excluding tert-OH is 1. The molecule has 2 atom stereocenters. The maximum absolute atomic E-state index is 12.2. The zero-order chi connectivity index (χ0) is 14.0. The number of rotatable bonds is 3. The van der Waals surface area contributed by atoms with Gasteiger partial charge < -0.3 is 14.4 Å². The van der Waals surface area contributed by atoms with E-state index in [0.717, 1.165) is 12.8 Å². The fourth-order valence-corrected chi connectivity index (χ4v) is 2.30. The summed E-state index contributed by atoms with van der Waals surface area (Å²) in [5, 5.41) is 19.7. The molecule has 104 valence electrons. The van der Waals surface area contributed by atoms with Crippen LogP contribution >= 0.6 is 0 Å². The molecule has 0 bridgehead atoms. The highest BCUT2D eigenvalue weighted by Crippen LogP contribution is 2.25. The average molecular weight is 268 g/mol. The molecule has 2 rings (SSSR count). The summed E-state index contributed by atoms with van der Waals surface area (Å²) in [4.78, 5) is 23.7. The first-order chi connectivity index (χ1) is 9.02. The van der Waals surface area contributed by atoms with Gasteiger partial charge >= 0.3 is 5.88 Å². The van der Waals surface area contributed by atoms with Crippen molar-refractivity contribution in [2.24, 2.45) is 5.92 Å². The number of amides is 1. The second kappa shape index (κ2) is 5.40. The molecule has 7 nitrogen and oxygen atoms in total. The van der Waals surface area contributed by atoms with Crippen LogP contribution < -0.4 is 0 Å². The van der Waals surface area contributed by atoms with Crippen LogP contribution in [0.25, 0.3) is 0 Å². The minimum atomic E-state index is -0.674. The molecule has 1 saturated heterocycles. The maximum Gasteiger partial charge on any atom is 0.433 e. The summed E-state index contributed by atoms with van der Waals surface area (Å²) in [6, 6.07) is 2.53. The summed E-state index contributed by atoms with van der Waals surface area (Å²) in [6.07, 6.45) is 1.68. The number of carbonyl (C=O) groups excluding carboxylic acids is 1. The number of piperidine rings is 1. The molecule has 1 aromatic rings. The summed E-state index contributed by atoms with van der Waals surface area (Å²) in [5.41, 5.74) is 0. The van der Waals surface area contributed by atoms with Crippen LogP contribution in [0.4, 0.5) is 5.88 Å². The van der Waals surface area contributed by atoms with Crippen LogP contribution in [-0.4, -0.2) is 40.0 Å². The van der Waals surface area contributed by atoms with Crippen molar-refractivity contribution in [2.45, 2.75) is 25.8 Å². The second-order valence-electron chi connectivity index (χ2n) is 4.83. The maximum atomic E-state index is 12.2. The third-order valence-electron chi connectivity index (χ3n) is 3.48. The van der Waals surface area contributed by atoms with Gasteiger partial charge in [0.05, 0.1) is 6.07 Å². The SMILES string of the molecule is CC1CCC(CO)CN1C(=O)c1ccc([N+](=O)[O-])o1. The Kier molecular flexibility index (Phi) is 3.84. The van der Waals surface area contributed by atoms with E-state index in [1.54, 1.807) is 4.90 Å². The van der Waals surface area contributed by atoms with Crippen molar-refractivity contribution in [1.29, 1.82) is 0 Å². The first kappa shape index (κ1) is 13.5. The molecular weight excluding hydrogens is 252 g/mol. The molecule has 0 spiro atoms. The third kappa shape index (κ3) is 2.76. The molecular formula is C12H16N2O5. The number of likely N-dealkylation sites (tertiary alicyclic amines) is 1.